The number of ether oxygens (including phenoxy) is 3. The van der Waals surface area contributed by atoms with Crippen molar-refractivity contribution in [3.05, 3.63) is 67.3 Å². The molecule has 0 N–H and O–H groups in total. The highest BCUT2D eigenvalue weighted by molar-refractivity contribution is 5.72. The SMILES string of the molecule is CC.CC.CC.COc1cccnc1.COc1nc2ccccc2o1.COc1ncccn1. The molecule has 8 nitrogen and oxygen atoms in total. The fourth-order valence-corrected chi connectivity index (χ4v) is 1.80. The second-order valence-corrected chi connectivity index (χ2v) is 4.78. The molecule has 1 aromatic carbocycles. The number of hydrogen-bond donors (Lipinski definition) is 0. The van der Waals surface area contributed by atoms with E-state index in [1.54, 1.807) is 38.0 Å². The van der Waals surface area contributed by atoms with Crippen molar-refractivity contribution in [2.45, 2.75) is 41.5 Å². The van der Waals surface area contributed by atoms with Gasteiger partial charge in [-0.1, -0.05) is 53.7 Å². The zero-order valence-electron chi connectivity index (χ0n) is 21.3. The zero-order valence-corrected chi connectivity index (χ0v) is 21.3. The summed E-state index contributed by atoms with van der Waals surface area (Å²) in [5, 5.41) is 0. The van der Waals surface area contributed by atoms with Crippen LogP contribution in [0.3, 0.4) is 0 Å². The number of hydrogen-bond acceptors (Lipinski definition) is 8. The average Bonchev–Trinajstić information content (AvgIpc) is 3.37. The Hall–Kier alpha value is -3.68. The second kappa shape index (κ2) is 23.0. The van der Waals surface area contributed by atoms with Crippen LogP contribution in [0.2, 0.25) is 0 Å². The highest BCUT2D eigenvalue weighted by Gasteiger charge is 2.02. The number of benzene rings is 1. The van der Waals surface area contributed by atoms with Crippen LogP contribution in [0, 0.1) is 0 Å². The van der Waals surface area contributed by atoms with E-state index in [1.807, 2.05) is 77.9 Å². The smallest absolute Gasteiger partial charge is 0.394 e. The summed E-state index contributed by atoms with van der Waals surface area (Å²) in [6.45, 7) is 12.0. The summed E-state index contributed by atoms with van der Waals surface area (Å²) >= 11 is 0. The maximum absolute atomic E-state index is 5.18. The molecule has 4 aromatic rings. The Morgan fingerprint density at radius 1 is 0.667 bits per heavy atom. The first-order valence-electron chi connectivity index (χ1n) is 10.9. The molecule has 0 aliphatic heterocycles. The lowest BCUT2D eigenvalue weighted by Crippen LogP contribution is -1.87. The first-order chi connectivity index (χ1) is 16.3. The molecule has 8 heteroatoms. The minimum atomic E-state index is 0.311. The minimum absolute atomic E-state index is 0.311. The Balaban J connectivity index is 0. The molecule has 0 spiro atoms. The normalized spacial score (nSPS) is 8.15. The highest BCUT2D eigenvalue weighted by atomic mass is 16.6. The van der Waals surface area contributed by atoms with Crippen molar-refractivity contribution in [1.82, 2.24) is 19.9 Å². The van der Waals surface area contributed by atoms with Gasteiger partial charge in [-0.15, -0.1) is 0 Å². The van der Waals surface area contributed by atoms with E-state index in [9.17, 15) is 0 Å². The molecule has 0 aliphatic carbocycles. The molecule has 0 saturated carbocycles. The van der Waals surface area contributed by atoms with Crippen molar-refractivity contribution < 1.29 is 18.6 Å². The third-order valence-corrected chi connectivity index (χ3v) is 3.04. The van der Waals surface area contributed by atoms with Crippen molar-refractivity contribution in [3.8, 4) is 17.8 Å². The van der Waals surface area contributed by atoms with Gasteiger partial charge in [-0.25, -0.2) is 9.97 Å². The molecule has 182 valence electrons. The van der Waals surface area contributed by atoms with E-state index in [4.69, 9.17) is 18.6 Å². The van der Waals surface area contributed by atoms with Gasteiger partial charge in [-0.2, -0.15) is 4.98 Å². The fraction of sp³-hybridized carbons (Fsp3) is 0.360. The van der Waals surface area contributed by atoms with Crippen LogP contribution in [-0.2, 0) is 0 Å². The summed E-state index contributed by atoms with van der Waals surface area (Å²) in [5.74, 6) is 0.799. The number of para-hydroxylation sites is 2. The summed E-state index contributed by atoms with van der Waals surface area (Å²) in [4.78, 5) is 15.4. The molecule has 4 rings (SSSR count). The van der Waals surface area contributed by atoms with Crippen LogP contribution in [-0.4, -0.2) is 41.3 Å². The molecule has 33 heavy (non-hydrogen) atoms. The maximum atomic E-state index is 5.18. The van der Waals surface area contributed by atoms with E-state index in [0.717, 1.165) is 16.8 Å². The molecule has 0 fully saturated rings. The lowest BCUT2D eigenvalue weighted by Gasteiger charge is -1.93. The molecule has 0 bridgehead atoms. The molecular formula is C25H38N4O4. The van der Waals surface area contributed by atoms with E-state index < -0.39 is 0 Å². The molecule has 3 aromatic heterocycles. The van der Waals surface area contributed by atoms with Crippen LogP contribution in [0.15, 0.2) is 71.7 Å². The van der Waals surface area contributed by atoms with Crippen LogP contribution >= 0.6 is 0 Å². The van der Waals surface area contributed by atoms with Crippen molar-refractivity contribution in [2.24, 2.45) is 0 Å². The lowest BCUT2D eigenvalue weighted by molar-refractivity contribution is 0.299. The summed E-state index contributed by atoms with van der Waals surface area (Å²) in [7, 11) is 4.69. The van der Waals surface area contributed by atoms with Gasteiger partial charge in [0.2, 0.25) is 0 Å². The average molecular weight is 459 g/mol. The Morgan fingerprint density at radius 2 is 1.30 bits per heavy atom. The van der Waals surface area contributed by atoms with Crippen LogP contribution in [0.5, 0.6) is 17.8 Å². The van der Waals surface area contributed by atoms with Gasteiger partial charge in [0.15, 0.2) is 5.58 Å². The van der Waals surface area contributed by atoms with Crippen LogP contribution in [0.4, 0.5) is 0 Å². The summed E-state index contributed by atoms with van der Waals surface area (Å²) in [5.41, 5.74) is 1.58. The van der Waals surface area contributed by atoms with Crippen molar-refractivity contribution in [1.29, 1.82) is 0 Å². The molecule has 0 saturated heterocycles. The number of oxazole rings is 1. The molecule has 3 heterocycles. The number of rotatable bonds is 3. The maximum Gasteiger partial charge on any atom is 0.394 e. The van der Waals surface area contributed by atoms with E-state index >= 15 is 0 Å². The van der Waals surface area contributed by atoms with Crippen LogP contribution in [0.25, 0.3) is 11.1 Å². The first-order valence-corrected chi connectivity index (χ1v) is 10.9. The molecule has 0 radical (unpaired) electrons. The van der Waals surface area contributed by atoms with Gasteiger partial charge in [0.1, 0.15) is 11.3 Å². The van der Waals surface area contributed by atoms with E-state index in [1.165, 1.54) is 14.2 Å². The third kappa shape index (κ3) is 14.1. The van der Waals surface area contributed by atoms with E-state index in [-0.39, 0.29) is 0 Å². The van der Waals surface area contributed by atoms with E-state index in [2.05, 4.69) is 19.9 Å². The predicted molar refractivity (Wildman–Crippen MR) is 134 cm³/mol. The zero-order chi connectivity index (χ0) is 25.3. The van der Waals surface area contributed by atoms with Gasteiger partial charge in [0.05, 0.1) is 27.5 Å². The quantitative estimate of drug-likeness (QED) is 0.344. The predicted octanol–water partition coefficient (Wildman–Crippen LogP) is 6.49. The van der Waals surface area contributed by atoms with Crippen molar-refractivity contribution in [3.63, 3.8) is 0 Å². The molecule has 0 amide bonds. The Bertz CT molecular complexity index is 831. The van der Waals surface area contributed by atoms with Crippen LogP contribution in [0.1, 0.15) is 41.5 Å². The Morgan fingerprint density at radius 3 is 1.73 bits per heavy atom. The van der Waals surface area contributed by atoms with Gasteiger partial charge in [-0.05, 0) is 30.3 Å². The summed E-state index contributed by atoms with van der Waals surface area (Å²) in [6, 6.07) is 13.4. The van der Waals surface area contributed by atoms with Gasteiger partial charge in [0.25, 0.3) is 0 Å². The number of nitrogens with zero attached hydrogens (tertiary/aromatic N) is 4. The molecule has 0 atom stereocenters. The Labute approximate surface area is 198 Å². The molecular weight excluding hydrogens is 420 g/mol. The summed E-state index contributed by atoms with van der Waals surface area (Å²) < 4.78 is 19.5. The molecule has 0 unspecified atom stereocenters. The van der Waals surface area contributed by atoms with Gasteiger partial charge in [0, 0.05) is 18.6 Å². The molecule has 0 aliphatic rings. The number of methoxy groups -OCH3 is 3. The van der Waals surface area contributed by atoms with Crippen molar-refractivity contribution in [2.75, 3.05) is 21.3 Å². The van der Waals surface area contributed by atoms with Gasteiger partial charge >= 0.3 is 12.1 Å². The van der Waals surface area contributed by atoms with Crippen molar-refractivity contribution >= 4 is 11.1 Å². The number of pyridine rings is 1. The van der Waals surface area contributed by atoms with Crippen LogP contribution < -0.4 is 14.2 Å². The summed E-state index contributed by atoms with van der Waals surface area (Å²) in [6.07, 6.45) is 6.95. The minimum Gasteiger partial charge on any atom is -0.495 e. The lowest BCUT2D eigenvalue weighted by atomic mass is 10.3. The van der Waals surface area contributed by atoms with Gasteiger partial charge < -0.3 is 18.6 Å². The third-order valence-electron chi connectivity index (χ3n) is 3.04. The first kappa shape index (κ1) is 31.5. The monoisotopic (exact) mass is 458 g/mol. The van der Waals surface area contributed by atoms with Gasteiger partial charge in [-0.3, -0.25) is 4.98 Å². The number of aromatic nitrogens is 4. The topological polar surface area (TPSA) is 92.4 Å². The Kier molecular flexibility index (Phi) is 22.0. The fourth-order valence-electron chi connectivity index (χ4n) is 1.80. The van der Waals surface area contributed by atoms with E-state index in [0.29, 0.717) is 12.1 Å². The standard InChI is InChI=1S/C8H7NO2.C6H7NO.C5H6N2O.3C2H6/c1-10-8-9-6-4-2-3-5-7(6)11-8;1-8-6-3-2-4-7-5-6;1-8-5-6-3-2-4-7-5;3*1-2/h2-5H,1H3;2-5H,1H3;2-4H,1H3;3*1-2H3. The number of fused-ring (bicyclic) bond motifs is 1. The highest BCUT2D eigenvalue weighted by Crippen LogP contribution is 2.18. The second-order valence-electron chi connectivity index (χ2n) is 4.78. The largest absolute Gasteiger partial charge is 0.495 e.